The molecule has 1 saturated heterocycles. The summed E-state index contributed by atoms with van der Waals surface area (Å²) < 4.78 is 8.98. The Morgan fingerprint density at radius 2 is 1.56 bits per heavy atom. The number of carboxylic acids is 1. The van der Waals surface area contributed by atoms with Crippen molar-refractivity contribution in [1.29, 1.82) is 0 Å². The van der Waals surface area contributed by atoms with E-state index in [2.05, 4.69) is 43.9 Å². The summed E-state index contributed by atoms with van der Waals surface area (Å²) in [5.41, 5.74) is -1.40. The molecular formula is C18H41KN2O4Si2. The van der Waals surface area contributed by atoms with Gasteiger partial charge in [0.15, 0.2) is 0 Å². The van der Waals surface area contributed by atoms with Gasteiger partial charge in [-0.2, -0.15) is 0 Å². The molecule has 1 atom stereocenters. The van der Waals surface area contributed by atoms with E-state index in [0.717, 1.165) is 0 Å². The fraction of sp³-hybridized carbons (Fsp3) is 0.889. The summed E-state index contributed by atoms with van der Waals surface area (Å²) in [6, 6.07) is 0. The predicted molar refractivity (Wildman–Crippen MR) is 114 cm³/mol. The molecule has 1 unspecified atom stereocenters. The Kier molecular flexibility index (Phi) is 12.5. The van der Waals surface area contributed by atoms with E-state index >= 15 is 0 Å². The molecule has 1 amide bonds. The normalized spacial score (nSPS) is 20.7. The zero-order chi connectivity index (χ0) is 21.0. The van der Waals surface area contributed by atoms with Crippen molar-refractivity contribution in [3.63, 3.8) is 0 Å². The van der Waals surface area contributed by atoms with Crippen molar-refractivity contribution < 1.29 is 72.2 Å². The van der Waals surface area contributed by atoms with Crippen LogP contribution in [0.4, 0.5) is 4.79 Å². The van der Waals surface area contributed by atoms with Crippen molar-refractivity contribution in [2.45, 2.75) is 85.4 Å². The summed E-state index contributed by atoms with van der Waals surface area (Å²) in [7, 11) is -1.96. The van der Waals surface area contributed by atoms with Crippen LogP contribution in [-0.2, 0) is 9.53 Å². The van der Waals surface area contributed by atoms with Gasteiger partial charge in [0.2, 0.25) is 0 Å². The molecule has 1 aliphatic heterocycles. The van der Waals surface area contributed by atoms with Gasteiger partial charge in [-0.3, -0.25) is 4.79 Å². The molecule has 1 fully saturated rings. The van der Waals surface area contributed by atoms with Crippen molar-refractivity contribution >= 4 is 28.5 Å². The first-order chi connectivity index (χ1) is 11.3. The Morgan fingerprint density at radius 1 is 1.11 bits per heavy atom. The number of carbonyl (C=O) groups is 2. The number of nitrogens with zero attached hydrogens (tertiary/aromatic N) is 1. The Bertz CT molecular complexity index is 493. The van der Waals surface area contributed by atoms with Crippen LogP contribution in [0.5, 0.6) is 0 Å². The molecule has 1 rings (SSSR count). The SMILES string of the molecule is CC(C)(C)OC(=O)N1CCCC(C)(C(=O)O)C1.C[Si](C)(C)N[Si](C)(C)C.[H-].[K+]. The van der Waals surface area contributed by atoms with Crippen molar-refractivity contribution in [3.05, 3.63) is 0 Å². The van der Waals surface area contributed by atoms with E-state index in [1.165, 1.54) is 4.90 Å². The molecule has 0 aromatic rings. The van der Waals surface area contributed by atoms with Crippen molar-refractivity contribution in [2.24, 2.45) is 5.41 Å². The number of carboxylic acid groups (broad SMARTS) is 1. The molecule has 27 heavy (non-hydrogen) atoms. The molecular weight excluding hydrogens is 403 g/mol. The number of hydrogen-bond acceptors (Lipinski definition) is 4. The smallest absolute Gasteiger partial charge is 1.00 e. The minimum absolute atomic E-state index is 0. The third-order valence-electron chi connectivity index (χ3n) is 3.61. The van der Waals surface area contributed by atoms with Gasteiger partial charge in [0.05, 0.1) is 5.41 Å². The summed E-state index contributed by atoms with van der Waals surface area (Å²) in [5, 5.41) is 9.15. The molecule has 6 nitrogen and oxygen atoms in total. The van der Waals surface area contributed by atoms with Crippen LogP contribution in [0.1, 0.15) is 42.0 Å². The Morgan fingerprint density at radius 3 is 1.85 bits per heavy atom. The molecule has 9 heteroatoms. The van der Waals surface area contributed by atoms with Crippen LogP contribution in [0.15, 0.2) is 0 Å². The third-order valence-corrected chi connectivity index (χ3v) is 9.61. The number of carbonyl (C=O) groups excluding carboxylic acids is 1. The van der Waals surface area contributed by atoms with E-state index in [4.69, 9.17) is 9.84 Å². The molecule has 1 aliphatic rings. The molecule has 156 valence electrons. The molecule has 0 aromatic heterocycles. The van der Waals surface area contributed by atoms with E-state index in [0.29, 0.717) is 19.4 Å². The van der Waals surface area contributed by atoms with Crippen LogP contribution >= 0.6 is 0 Å². The van der Waals surface area contributed by atoms with Crippen LogP contribution < -0.4 is 56.0 Å². The third kappa shape index (κ3) is 14.4. The zero-order valence-electron chi connectivity index (χ0n) is 20.4. The van der Waals surface area contributed by atoms with Gasteiger partial charge in [-0.15, -0.1) is 0 Å². The second-order valence-electron chi connectivity index (χ2n) is 10.5. The summed E-state index contributed by atoms with van der Waals surface area (Å²) in [5.74, 6) is -0.856. The first kappa shape index (κ1) is 30.0. The average Bonchev–Trinajstić information content (AvgIpc) is 2.32. The molecule has 0 aromatic carbocycles. The van der Waals surface area contributed by atoms with Gasteiger partial charge < -0.3 is 20.8 Å². The van der Waals surface area contributed by atoms with Crippen molar-refractivity contribution in [2.75, 3.05) is 13.1 Å². The molecule has 0 spiro atoms. The van der Waals surface area contributed by atoms with Crippen LogP contribution in [0, 0.1) is 5.41 Å². The van der Waals surface area contributed by atoms with Crippen molar-refractivity contribution in [1.82, 2.24) is 9.55 Å². The Labute approximate surface area is 212 Å². The quantitative estimate of drug-likeness (QED) is 0.645. The number of rotatable bonds is 3. The average molecular weight is 445 g/mol. The summed E-state index contributed by atoms with van der Waals surface area (Å²) >= 11 is 0. The standard InChI is InChI=1S/C12H21NO4.C6H19NSi2.K.H/c1-11(2,3)17-10(16)13-7-5-6-12(4,8-13)9(14)15;1-8(2,3)7-9(4,5)6;;/h5-8H2,1-4H3,(H,14,15);7H,1-6H3;;/q;;+1;-1. The van der Waals surface area contributed by atoms with Gasteiger partial charge in [0, 0.05) is 13.1 Å². The van der Waals surface area contributed by atoms with Crippen molar-refractivity contribution in [3.8, 4) is 0 Å². The van der Waals surface area contributed by atoms with Crippen LogP contribution in [0.25, 0.3) is 0 Å². The van der Waals surface area contributed by atoms with Gasteiger partial charge in [-0.1, -0.05) is 39.3 Å². The predicted octanol–water partition coefficient (Wildman–Crippen LogP) is 1.47. The molecule has 0 radical (unpaired) electrons. The van der Waals surface area contributed by atoms with E-state index < -0.39 is 39.5 Å². The first-order valence-corrected chi connectivity index (χ1v) is 16.4. The summed E-state index contributed by atoms with van der Waals surface area (Å²) in [6.07, 6.45) is 0.869. The summed E-state index contributed by atoms with van der Waals surface area (Å²) in [4.78, 5) is 24.5. The second-order valence-corrected chi connectivity index (χ2v) is 20.5. The van der Waals surface area contributed by atoms with Gasteiger partial charge in [0.1, 0.15) is 22.1 Å². The maximum atomic E-state index is 11.8. The molecule has 0 bridgehead atoms. The Balaban J connectivity index is -0.000000492. The maximum Gasteiger partial charge on any atom is 1.00 e. The number of nitrogens with one attached hydrogen (secondary N) is 1. The number of amides is 1. The minimum atomic E-state index is -0.981. The van der Waals surface area contributed by atoms with E-state index in [1.807, 2.05) is 0 Å². The maximum absolute atomic E-state index is 11.8. The fourth-order valence-electron chi connectivity index (χ4n) is 3.02. The zero-order valence-corrected chi connectivity index (χ0v) is 24.6. The van der Waals surface area contributed by atoms with E-state index in [-0.39, 0.29) is 59.4 Å². The second kappa shape index (κ2) is 11.2. The fourth-order valence-corrected chi connectivity index (χ4v) is 12.0. The van der Waals surface area contributed by atoms with Gasteiger partial charge in [-0.25, -0.2) is 4.79 Å². The molecule has 2 N–H and O–H groups in total. The minimum Gasteiger partial charge on any atom is -1.00 e. The molecule has 1 heterocycles. The van der Waals surface area contributed by atoms with Crippen LogP contribution in [-0.4, -0.2) is 57.2 Å². The Hall–Kier alpha value is 0.770. The van der Waals surface area contributed by atoms with Gasteiger partial charge in [0.25, 0.3) is 0 Å². The number of piperidine rings is 1. The largest absolute Gasteiger partial charge is 1.00 e. The summed E-state index contributed by atoms with van der Waals surface area (Å²) in [6.45, 7) is 22.0. The number of aliphatic carboxylic acids is 1. The molecule has 0 aliphatic carbocycles. The van der Waals surface area contributed by atoms with Crippen LogP contribution in [0.2, 0.25) is 39.3 Å². The number of ether oxygens (including phenoxy) is 1. The van der Waals surface area contributed by atoms with E-state index in [9.17, 15) is 9.59 Å². The number of likely N-dealkylation sites (tertiary alicyclic amines) is 1. The van der Waals surface area contributed by atoms with E-state index in [1.54, 1.807) is 27.7 Å². The monoisotopic (exact) mass is 444 g/mol. The van der Waals surface area contributed by atoms with Gasteiger partial charge in [-0.05, 0) is 40.5 Å². The molecule has 0 saturated carbocycles. The number of hydrogen-bond donors (Lipinski definition) is 2. The van der Waals surface area contributed by atoms with Gasteiger partial charge >= 0.3 is 63.4 Å². The van der Waals surface area contributed by atoms with Crippen LogP contribution in [0.3, 0.4) is 0 Å². The topological polar surface area (TPSA) is 78.9 Å². The first-order valence-electron chi connectivity index (χ1n) is 9.35.